The first-order valence-corrected chi connectivity index (χ1v) is 7.98. The number of sulfonamides is 1. The molecule has 0 fully saturated rings. The summed E-state index contributed by atoms with van der Waals surface area (Å²) in [7, 11) is 0.431. The molecule has 1 N–H and O–H groups in total. The van der Waals surface area contributed by atoms with Crippen LogP contribution in [0.15, 0.2) is 41.3 Å². The van der Waals surface area contributed by atoms with Crippen LogP contribution in [0, 0.1) is 5.82 Å². The van der Waals surface area contributed by atoms with Gasteiger partial charge in [0.05, 0.1) is 31.9 Å². The van der Waals surface area contributed by atoms with Gasteiger partial charge in [-0.05, 0) is 24.3 Å². The number of benzene rings is 2. The van der Waals surface area contributed by atoms with E-state index in [4.69, 9.17) is 14.2 Å². The van der Waals surface area contributed by atoms with E-state index in [0.717, 1.165) is 12.1 Å². The molecule has 23 heavy (non-hydrogen) atoms. The van der Waals surface area contributed by atoms with Crippen molar-refractivity contribution in [3.63, 3.8) is 0 Å². The Morgan fingerprint density at radius 3 is 1.87 bits per heavy atom. The van der Waals surface area contributed by atoms with Crippen molar-refractivity contribution in [3.8, 4) is 17.2 Å². The quantitative estimate of drug-likeness (QED) is 0.874. The van der Waals surface area contributed by atoms with Gasteiger partial charge in [-0.3, -0.25) is 4.72 Å². The predicted molar refractivity (Wildman–Crippen MR) is 83.3 cm³/mol. The van der Waals surface area contributed by atoms with Crippen LogP contribution in [0.2, 0.25) is 0 Å². The average Bonchev–Trinajstić information content (AvgIpc) is 2.53. The molecule has 0 saturated carbocycles. The van der Waals surface area contributed by atoms with E-state index in [2.05, 4.69) is 4.72 Å². The molecule has 8 heteroatoms. The van der Waals surface area contributed by atoms with Crippen LogP contribution in [-0.4, -0.2) is 29.7 Å². The maximum atomic E-state index is 12.9. The van der Waals surface area contributed by atoms with Gasteiger partial charge in [-0.1, -0.05) is 0 Å². The molecule has 0 radical (unpaired) electrons. The Labute approximate surface area is 133 Å². The van der Waals surface area contributed by atoms with E-state index in [1.165, 1.54) is 45.6 Å². The molecular formula is C15H16FNO5S. The zero-order valence-electron chi connectivity index (χ0n) is 12.8. The predicted octanol–water partition coefficient (Wildman–Crippen LogP) is 2.65. The van der Waals surface area contributed by atoms with Crippen LogP contribution in [0.3, 0.4) is 0 Å². The Kier molecular flexibility index (Phi) is 4.95. The van der Waals surface area contributed by atoms with Crippen LogP contribution in [-0.2, 0) is 10.0 Å². The molecule has 2 rings (SSSR count). The molecule has 2 aromatic rings. The highest BCUT2D eigenvalue weighted by Gasteiger charge is 2.18. The maximum Gasteiger partial charge on any atom is 0.261 e. The second-order valence-electron chi connectivity index (χ2n) is 4.47. The monoisotopic (exact) mass is 341 g/mol. The number of nitrogens with one attached hydrogen (secondary N) is 1. The van der Waals surface area contributed by atoms with Crippen molar-refractivity contribution in [1.82, 2.24) is 0 Å². The van der Waals surface area contributed by atoms with E-state index >= 15 is 0 Å². The minimum absolute atomic E-state index is 0.0624. The lowest BCUT2D eigenvalue weighted by Gasteiger charge is -2.15. The van der Waals surface area contributed by atoms with Crippen LogP contribution in [0.4, 0.5) is 10.1 Å². The number of methoxy groups -OCH3 is 3. The molecule has 0 heterocycles. The molecule has 0 unspecified atom stereocenters. The zero-order chi connectivity index (χ0) is 17.0. The third kappa shape index (κ3) is 3.65. The summed E-state index contributed by atoms with van der Waals surface area (Å²) in [5.74, 6) is 0.448. The van der Waals surface area contributed by atoms with E-state index in [9.17, 15) is 12.8 Å². The van der Waals surface area contributed by atoms with Gasteiger partial charge in [-0.15, -0.1) is 0 Å². The summed E-state index contributed by atoms with van der Waals surface area (Å²) in [6, 6.07) is 7.42. The first-order valence-electron chi connectivity index (χ1n) is 6.49. The van der Waals surface area contributed by atoms with Gasteiger partial charge in [0.2, 0.25) is 5.75 Å². The molecule has 0 aromatic heterocycles. The highest BCUT2D eigenvalue weighted by atomic mass is 32.2. The van der Waals surface area contributed by atoms with Gasteiger partial charge >= 0.3 is 0 Å². The largest absolute Gasteiger partial charge is 0.493 e. The van der Waals surface area contributed by atoms with E-state index in [1.54, 1.807) is 0 Å². The Morgan fingerprint density at radius 2 is 1.43 bits per heavy atom. The lowest BCUT2D eigenvalue weighted by Crippen LogP contribution is -2.13. The fourth-order valence-electron chi connectivity index (χ4n) is 1.97. The fourth-order valence-corrected chi connectivity index (χ4v) is 3.01. The molecule has 0 spiro atoms. The molecule has 124 valence electrons. The van der Waals surface area contributed by atoms with E-state index < -0.39 is 15.8 Å². The van der Waals surface area contributed by atoms with Gasteiger partial charge < -0.3 is 14.2 Å². The van der Waals surface area contributed by atoms with Crippen molar-refractivity contribution >= 4 is 15.7 Å². The summed E-state index contributed by atoms with van der Waals surface area (Å²) in [6.45, 7) is 0. The molecule has 2 aromatic carbocycles. The number of hydrogen-bond acceptors (Lipinski definition) is 5. The molecule has 0 aliphatic rings. The molecule has 0 aliphatic carbocycles. The number of rotatable bonds is 6. The topological polar surface area (TPSA) is 73.9 Å². The average molecular weight is 341 g/mol. The Morgan fingerprint density at radius 1 is 0.913 bits per heavy atom. The first-order chi connectivity index (χ1) is 10.9. The van der Waals surface area contributed by atoms with Gasteiger partial charge in [0, 0.05) is 12.1 Å². The SMILES string of the molecule is COc1cc(NS(=O)(=O)c2ccc(F)cc2)cc(OC)c1OC. The summed E-state index contributed by atoms with van der Waals surface area (Å²) in [5, 5.41) is 0. The third-order valence-electron chi connectivity index (χ3n) is 3.04. The van der Waals surface area contributed by atoms with E-state index in [1.807, 2.05) is 0 Å². The Bertz CT molecular complexity index is 765. The molecular weight excluding hydrogens is 325 g/mol. The standard InChI is InChI=1S/C15H16FNO5S/c1-20-13-8-11(9-14(21-2)15(13)22-3)17-23(18,19)12-6-4-10(16)5-7-12/h4-9,17H,1-3H3. The highest BCUT2D eigenvalue weighted by molar-refractivity contribution is 7.92. The van der Waals surface area contributed by atoms with Crippen molar-refractivity contribution in [1.29, 1.82) is 0 Å². The Hall–Kier alpha value is -2.48. The minimum atomic E-state index is -3.87. The number of ether oxygens (including phenoxy) is 3. The number of anilines is 1. The molecule has 0 bridgehead atoms. The summed E-state index contributed by atoms with van der Waals surface area (Å²) in [5.41, 5.74) is 0.226. The zero-order valence-corrected chi connectivity index (χ0v) is 13.6. The van der Waals surface area contributed by atoms with Gasteiger partial charge in [-0.2, -0.15) is 0 Å². The molecule has 0 amide bonds. The summed E-state index contributed by atoms with van der Waals surface area (Å²) < 4.78 is 55.5. The lowest BCUT2D eigenvalue weighted by atomic mass is 10.2. The van der Waals surface area contributed by atoms with Gasteiger partial charge in [-0.25, -0.2) is 12.8 Å². The normalized spacial score (nSPS) is 11.0. The van der Waals surface area contributed by atoms with Gasteiger partial charge in [0.1, 0.15) is 5.82 Å². The number of hydrogen-bond donors (Lipinski definition) is 1. The molecule has 0 aliphatic heterocycles. The Balaban J connectivity index is 2.41. The maximum absolute atomic E-state index is 12.9. The number of halogens is 1. The van der Waals surface area contributed by atoms with Gasteiger partial charge in [0.25, 0.3) is 10.0 Å². The summed E-state index contributed by atoms with van der Waals surface area (Å²) >= 11 is 0. The molecule has 6 nitrogen and oxygen atoms in total. The second kappa shape index (κ2) is 6.74. The summed E-state index contributed by atoms with van der Waals surface area (Å²) in [6.07, 6.45) is 0. The van der Waals surface area contributed by atoms with Crippen molar-refractivity contribution in [2.45, 2.75) is 4.90 Å². The highest BCUT2D eigenvalue weighted by Crippen LogP contribution is 2.40. The van der Waals surface area contributed by atoms with E-state index in [0.29, 0.717) is 17.2 Å². The molecule has 0 atom stereocenters. The van der Waals surface area contributed by atoms with Crippen molar-refractivity contribution in [2.75, 3.05) is 26.1 Å². The van der Waals surface area contributed by atoms with Crippen LogP contribution >= 0.6 is 0 Å². The van der Waals surface area contributed by atoms with E-state index in [-0.39, 0.29) is 10.6 Å². The van der Waals surface area contributed by atoms with Crippen molar-refractivity contribution < 1.29 is 27.0 Å². The second-order valence-corrected chi connectivity index (χ2v) is 6.16. The van der Waals surface area contributed by atoms with Crippen molar-refractivity contribution in [2.24, 2.45) is 0 Å². The summed E-state index contributed by atoms with van der Waals surface area (Å²) in [4.78, 5) is -0.0624. The minimum Gasteiger partial charge on any atom is -0.493 e. The van der Waals surface area contributed by atoms with Crippen molar-refractivity contribution in [3.05, 3.63) is 42.2 Å². The van der Waals surface area contributed by atoms with Crippen LogP contribution in [0.1, 0.15) is 0 Å². The van der Waals surface area contributed by atoms with Gasteiger partial charge in [0.15, 0.2) is 11.5 Å². The lowest BCUT2D eigenvalue weighted by molar-refractivity contribution is 0.325. The third-order valence-corrected chi connectivity index (χ3v) is 4.44. The smallest absolute Gasteiger partial charge is 0.261 e. The van der Waals surface area contributed by atoms with Crippen LogP contribution in [0.25, 0.3) is 0 Å². The van der Waals surface area contributed by atoms with Crippen LogP contribution < -0.4 is 18.9 Å². The fraction of sp³-hybridized carbons (Fsp3) is 0.200. The first kappa shape index (κ1) is 16.9. The van der Waals surface area contributed by atoms with Crippen LogP contribution in [0.5, 0.6) is 17.2 Å². The molecule has 0 saturated heterocycles.